The van der Waals surface area contributed by atoms with Crippen LogP contribution >= 0.6 is 12.4 Å². The minimum absolute atomic E-state index is 0. The summed E-state index contributed by atoms with van der Waals surface area (Å²) in [5, 5.41) is 5.79. The van der Waals surface area contributed by atoms with E-state index < -0.39 is 0 Å². The van der Waals surface area contributed by atoms with E-state index in [2.05, 4.69) is 16.7 Å². The van der Waals surface area contributed by atoms with Crippen molar-refractivity contribution in [1.82, 2.24) is 10.6 Å². The van der Waals surface area contributed by atoms with Gasteiger partial charge in [0.25, 0.3) is 0 Å². The Kier molecular flexibility index (Phi) is 5.20. The van der Waals surface area contributed by atoms with Crippen molar-refractivity contribution >= 4 is 29.9 Å². The highest BCUT2D eigenvalue weighted by atomic mass is 35.5. The van der Waals surface area contributed by atoms with Gasteiger partial charge in [0.05, 0.1) is 12.5 Å². The molecule has 0 unspecified atom stereocenters. The van der Waals surface area contributed by atoms with E-state index in [-0.39, 0.29) is 36.7 Å². The van der Waals surface area contributed by atoms with Gasteiger partial charge in [-0.1, -0.05) is 18.2 Å². The highest BCUT2D eigenvalue weighted by Crippen LogP contribution is 2.26. The van der Waals surface area contributed by atoms with E-state index in [1.54, 1.807) is 4.90 Å². The van der Waals surface area contributed by atoms with Crippen LogP contribution in [0.25, 0.3) is 0 Å². The van der Waals surface area contributed by atoms with Gasteiger partial charge < -0.3 is 15.5 Å². The zero-order valence-corrected chi connectivity index (χ0v) is 12.6. The highest BCUT2D eigenvalue weighted by molar-refractivity contribution is 5.98. The molecular formula is C15H20ClN3O2. The van der Waals surface area contributed by atoms with Gasteiger partial charge in [0.15, 0.2) is 0 Å². The molecule has 0 aromatic heterocycles. The number of benzene rings is 1. The Hall–Kier alpha value is -1.59. The summed E-state index contributed by atoms with van der Waals surface area (Å²) in [7, 11) is 0. The first-order chi connectivity index (χ1) is 9.75. The van der Waals surface area contributed by atoms with Crippen molar-refractivity contribution < 1.29 is 9.59 Å². The summed E-state index contributed by atoms with van der Waals surface area (Å²) in [5.74, 6) is -0.0309. The quantitative estimate of drug-likeness (QED) is 0.865. The number of amides is 2. The third-order valence-electron chi connectivity index (χ3n) is 3.98. The van der Waals surface area contributed by atoms with Gasteiger partial charge in [-0.25, -0.2) is 0 Å². The SMILES string of the molecule is Cl.O=C(NCC(=O)N1CCCc2ccccc21)C1CNC1. The Morgan fingerprint density at radius 1 is 1.29 bits per heavy atom. The fourth-order valence-corrected chi connectivity index (χ4v) is 2.67. The lowest BCUT2D eigenvalue weighted by atomic mass is 10.0. The van der Waals surface area contributed by atoms with Crippen LogP contribution in [0.4, 0.5) is 5.69 Å². The molecule has 2 heterocycles. The molecular weight excluding hydrogens is 290 g/mol. The number of aryl methyl sites for hydroxylation is 1. The number of nitrogens with zero attached hydrogens (tertiary/aromatic N) is 1. The number of hydrogen-bond donors (Lipinski definition) is 2. The summed E-state index contributed by atoms with van der Waals surface area (Å²) in [6.07, 6.45) is 1.99. The molecule has 2 N–H and O–H groups in total. The van der Waals surface area contributed by atoms with E-state index in [4.69, 9.17) is 0 Å². The zero-order chi connectivity index (χ0) is 13.9. The minimum atomic E-state index is -0.0298. The van der Waals surface area contributed by atoms with Crippen molar-refractivity contribution in [3.8, 4) is 0 Å². The van der Waals surface area contributed by atoms with Crippen molar-refractivity contribution in [3.05, 3.63) is 29.8 Å². The fourth-order valence-electron chi connectivity index (χ4n) is 2.67. The number of para-hydroxylation sites is 1. The van der Waals surface area contributed by atoms with Crippen molar-refractivity contribution in [1.29, 1.82) is 0 Å². The van der Waals surface area contributed by atoms with Gasteiger partial charge in [-0.3, -0.25) is 9.59 Å². The molecule has 2 aliphatic rings. The van der Waals surface area contributed by atoms with E-state index in [9.17, 15) is 9.59 Å². The molecule has 0 spiro atoms. The molecule has 0 atom stereocenters. The van der Waals surface area contributed by atoms with Crippen LogP contribution in [0.1, 0.15) is 12.0 Å². The Morgan fingerprint density at radius 3 is 2.76 bits per heavy atom. The molecule has 114 valence electrons. The lowest BCUT2D eigenvalue weighted by Crippen LogP contribution is -2.52. The molecule has 1 aromatic carbocycles. The lowest BCUT2D eigenvalue weighted by Gasteiger charge is -2.30. The lowest BCUT2D eigenvalue weighted by molar-refractivity contribution is -0.128. The third kappa shape index (κ3) is 3.36. The maximum atomic E-state index is 12.3. The number of anilines is 1. The fraction of sp³-hybridized carbons (Fsp3) is 0.467. The second-order valence-electron chi connectivity index (χ2n) is 5.35. The van der Waals surface area contributed by atoms with Crippen LogP contribution in [0.15, 0.2) is 24.3 Å². The van der Waals surface area contributed by atoms with Gasteiger partial charge in [0.1, 0.15) is 0 Å². The van der Waals surface area contributed by atoms with Gasteiger partial charge in [-0.05, 0) is 24.5 Å². The number of nitrogens with one attached hydrogen (secondary N) is 2. The van der Waals surface area contributed by atoms with E-state index in [1.165, 1.54) is 5.56 Å². The van der Waals surface area contributed by atoms with Crippen molar-refractivity contribution in [2.24, 2.45) is 5.92 Å². The number of carbonyl (C=O) groups is 2. The molecule has 1 fully saturated rings. The smallest absolute Gasteiger partial charge is 0.246 e. The number of halogens is 1. The predicted molar refractivity (Wildman–Crippen MR) is 83.7 cm³/mol. The molecule has 2 amide bonds. The Morgan fingerprint density at radius 2 is 2.05 bits per heavy atom. The van der Waals surface area contributed by atoms with Crippen LogP contribution < -0.4 is 15.5 Å². The molecule has 1 saturated heterocycles. The first-order valence-electron chi connectivity index (χ1n) is 7.12. The molecule has 6 heteroatoms. The predicted octanol–water partition coefficient (Wildman–Crippen LogP) is 0.723. The summed E-state index contributed by atoms with van der Waals surface area (Å²) in [6, 6.07) is 7.98. The second-order valence-corrected chi connectivity index (χ2v) is 5.35. The maximum absolute atomic E-state index is 12.3. The summed E-state index contributed by atoms with van der Waals surface area (Å²) in [5.41, 5.74) is 2.20. The van der Waals surface area contributed by atoms with Gasteiger partial charge in [0, 0.05) is 25.3 Å². The monoisotopic (exact) mass is 309 g/mol. The maximum Gasteiger partial charge on any atom is 0.246 e. The molecule has 0 bridgehead atoms. The van der Waals surface area contributed by atoms with Crippen LogP contribution in [0.2, 0.25) is 0 Å². The zero-order valence-electron chi connectivity index (χ0n) is 11.8. The van der Waals surface area contributed by atoms with Crippen LogP contribution in [-0.4, -0.2) is 38.0 Å². The first-order valence-corrected chi connectivity index (χ1v) is 7.12. The van der Waals surface area contributed by atoms with Crippen molar-refractivity contribution in [3.63, 3.8) is 0 Å². The van der Waals surface area contributed by atoms with Crippen LogP contribution in [0.3, 0.4) is 0 Å². The summed E-state index contributed by atoms with van der Waals surface area (Å²) < 4.78 is 0. The van der Waals surface area contributed by atoms with Gasteiger partial charge in [0.2, 0.25) is 11.8 Å². The Balaban J connectivity index is 0.00000161. The number of fused-ring (bicyclic) bond motifs is 1. The molecule has 5 nitrogen and oxygen atoms in total. The number of hydrogen-bond acceptors (Lipinski definition) is 3. The largest absolute Gasteiger partial charge is 0.347 e. The highest BCUT2D eigenvalue weighted by Gasteiger charge is 2.26. The normalized spacial score (nSPS) is 17.2. The molecule has 2 aliphatic heterocycles. The molecule has 0 saturated carbocycles. The van der Waals surface area contributed by atoms with Crippen molar-refractivity contribution in [2.75, 3.05) is 31.1 Å². The Bertz CT molecular complexity index is 531. The van der Waals surface area contributed by atoms with Crippen molar-refractivity contribution in [2.45, 2.75) is 12.8 Å². The average molecular weight is 310 g/mol. The molecule has 0 aliphatic carbocycles. The topological polar surface area (TPSA) is 61.4 Å². The summed E-state index contributed by atoms with van der Waals surface area (Å²) >= 11 is 0. The summed E-state index contributed by atoms with van der Waals surface area (Å²) in [4.78, 5) is 25.8. The van der Waals surface area contributed by atoms with Crippen LogP contribution in [0, 0.1) is 5.92 Å². The molecule has 21 heavy (non-hydrogen) atoms. The van der Waals surface area contributed by atoms with E-state index in [0.717, 1.165) is 25.1 Å². The minimum Gasteiger partial charge on any atom is -0.347 e. The number of carbonyl (C=O) groups excluding carboxylic acids is 2. The molecule has 1 aromatic rings. The average Bonchev–Trinajstić information content (AvgIpc) is 2.42. The molecule has 3 rings (SSSR count). The van der Waals surface area contributed by atoms with Gasteiger partial charge >= 0.3 is 0 Å². The van der Waals surface area contributed by atoms with E-state index in [1.807, 2.05) is 18.2 Å². The first kappa shape index (κ1) is 15.8. The van der Waals surface area contributed by atoms with Crippen LogP contribution in [-0.2, 0) is 16.0 Å². The van der Waals surface area contributed by atoms with E-state index >= 15 is 0 Å². The Labute approximate surface area is 130 Å². The molecule has 0 radical (unpaired) electrons. The van der Waals surface area contributed by atoms with Crippen LogP contribution in [0.5, 0.6) is 0 Å². The van der Waals surface area contributed by atoms with Gasteiger partial charge in [-0.2, -0.15) is 0 Å². The van der Waals surface area contributed by atoms with E-state index in [0.29, 0.717) is 13.1 Å². The third-order valence-corrected chi connectivity index (χ3v) is 3.98. The van der Waals surface area contributed by atoms with Gasteiger partial charge in [-0.15, -0.1) is 12.4 Å². The standard InChI is InChI=1S/C15H19N3O2.ClH/c19-14(10-17-15(20)12-8-16-9-12)18-7-3-5-11-4-1-2-6-13(11)18;/h1-2,4,6,12,16H,3,5,7-10H2,(H,17,20);1H. The summed E-state index contributed by atoms with van der Waals surface area (Å²) in [6.45, 7) is 2.25. The second kappa shape index (κ2) is 6.91. The number of rotatable bonds is 3.